The number of hydrogen-bond donors (Lipinski definition) is 0. The van der Waals surface area contributed by atoms with E-state index >= 15 is 0 Å². The van der Waals surface area contributed by atoms with Crippen molar-refractivity contribution >= 4 is 17.6 Å². The average molecular weight is 494 g/mol. The lowest BCUT2D eigenvalue weighted by molar-refractivity contribution is 0.220. The number of ether oxygens (including phenoxy) is 1. The molecule has 0 saturated heterocycles. The highest BCUT2D eigenvalue weighted by Crippen LogP contribution is 2.58. The third-order valence-corrected chi connectivity index (χ3v) is 8.51. The largest absolute Gasteiger partial charge is 0.497 e. The lowest BCUT2D eigenvalue weighted by Gasteiger charge is -2.29. The van der Waals surface area contributed by atoms with Crippen molar-refractivity contribution in [1.29, 1.82) is 0 Å². The minimum atomic E-state index is -4.14. The predicted octanol–water partition coefficient (Wildman–Crippen LogP) is 5.87. The number of allylic oxidation sites excluding steroid dienone is 1. The van der Waals surface area contributed by atoms with Gasteiger partial charge >= 0.3 is 7.60 Å². The Labute approximate surface area is 197 Å². The van der Waals surface area contributed by atoms with Gasteiger partial charge in [-0.25, -0.2) is 12.7 Å². The normalized spacial score (nSPS) is 11.6. The molecule has 2 rings (SSSR count). The molecular weight excluding hydrogens is 461 g/mol. The molecule has 0 saturated carbocycles. The maximum absolute atomic E-state index is 13.8. The van der Waals surface area contributed by atoms with Crippen LogP contribution in [0, 0.1) is 6.92 Å². The lowest BCUT2D eigenvalue weighted by Crippen LogP contribution is -2.31. The van der Waals surface area contributed by atoms with Gasteiger partial charge in [0.2, 0.25) is 0 Å². The molecule has 0 aliphatic rings. The summed E-state index contributed by atoms with van der Waals surface area (Å²) in [6, 6.07) is 13.5. The van der Waals surface area contributed by atoms with Gasteiger partial charge in [0.05, 0.1) is 31.8 Å². The topological polar surface area (TPSA) is 82.1 Å². The molecule has 33 heavy (non-hydrogen) atoms. The number of methoxy groups -OCH3 is 1. The molecule has 0 unspecified atom stereocenters. The summed E-state index contributed by atoms with van der Waals surface area (Å²) >= 11 is 0. The van der Waals surface area contributed by atoms with E-state index in [2.05, 4.69) is 5.73 Å². The van der Waals surface area contributed by atoms with Crippen LogP contribution in [0.3, 0.4) is 0 Å². The number of nitrogens with zero attached hydrogens (tertiary/aromatic N) is 1. The van der Waals surface area contributed by atoms with Gasteiger partial charge in [0.1, 0.15) is 5.75 Å². The van der Waals surface area contributed by atoms with Crippen LogP contribution in [-0.2, 0) is 30.2 Å². The van der Waals surface area contributed by atoms with Gasteiger partial charge in [-0.1, -0.05) is 35.6 Å². The average Bonchev–Trinajstić information content (AvgIpc) is 2.77. The Hall–Kier alpha value is -2.34. The summed E-state index contributed by atoms with van der Waals surface area (Å²) in [5, 5.41) is 0. The van der Waals surface area contributed by atoms with E-state index < -0.39 is 17.6 Å². The summed E-state index contributed by atoms with van der Waals surface area (Å²) in [6.45, 7) is 8.76. The highest BCUT2D eigenvalue weighted by atomic mass is 32.2. The molecule has 0 atom stereocenters. The molecule has 0 aliphatic carbocycles. The van der Waals surface area contributed by atoms with Gasteiger partial charge in [0, 0.05) is 0 Å². The summed E-state index contributed by atoms with van der Waals surface area (Å²) in [7, 11) is -6.60. The Morgan fingerprint density at radius 2 is 1.52 bits per heavy atom. The molecular formula is C24H32NO6PS. The fourth-order valence-corrected chi connectivity index (χ4v) is 6.65. The van der Waals surface area contributed by atoms with Gasteiger partial charge in [0.15, 0.2) is 5.44 Å². The third-order valence-electron chi connectivity index (χ3n) is 4.55. The van der Waals surface area contributed by atoms with Crippen molar-refractivity contribution in [3.8, 4) is 5.75 Å². The summed E-state index contributed by atoms with van der Waals surface area (Å²) in [6.07, 6.45) is 0. The SMILES string of the molecule is CCOP(=O)(OCC)C(=C=C(C)C)N(Cc1ccc(OC)cc1)S(=O)(=O)c1ccc(C)cc1. The summed E-state index contributed by atoms with van der Waals surface area (Å²) in [5.41, 5.74) is 5.03. The third kappa shape index (κ3) is 6.83. The molecule has 0 fully saturated rings. The van der Waals surface area contributed by atoms with Crippen LogP contribution in [0.15, 0.2) is 70.2 Å². The lowest BCUT2D eigenvalue weighted by atomic mass is 10.2. The highest BCUT2D eigenvalue weighted by molar-refractivity contribution is 7.89. The van der Waals surface area contributed by atoms with E-state index in [1.165, 1.54) is 12.1 Å². The zero-order valence-corrected chi connectivity index (χ0v) is 21.7. The van der Waals surface area contributed by atoms with Gasteiger partial charge in [-0.05, 0) is 70.0 Å². The van der Waals surface area contributed by atoms with Crippen molar-refractivity contribution in [2.45, 2.75) is 46.1 Å². The number of sulfonamides is 1. The number of aryl methyl sites for hydroxylation is 1. The van der Waals surface area contributed by atoms with E-state index in [1.807, 2.05) is 6.92 Å². The Balaban J connectivity index is 2.77. The molecule has 0 amide bonds. The first-order valence-corrected chi connectivity index (χ1v) is 13.6. The van der Waals surface area contributed by atoms with E-state index in [0.29, 0.717) is 16.9 Å². The molecule has 0 radical (unpaired) electrons. The van der Waals surface area contributed by atoms with Crippen LogP contribution in [0.25, 0.3) is 0 Å². The molecule has 7 nitrogen and oxygen atoms in total. The second-order valence-electron chi connectivity index (χ2n) is 7.45. The molecule has 0 aromatic heterocycles. The van der Waals surface area contributed by atoms with Crippen LogP contribution < -0.4 is 4.74 Å². The zero-order chi connectivity index (χ0) is 24.6. The Bertz CT molecular complexity index is 1140. The fraction of sp³-hybridized carbons (Fsp3) is 0.375. The smallest absolute Gasteiger partial charge is 0.386 e. The second-order valence-corrected chi connectivity index (χ2v) is 11.3. The van der Waals surface area contributed by atoms with Crippen LogP contribution in [0.2, 0.25) is 0 Å². The quantitative estimate of drug-likeness (QED) is 0.288. The van der Waals surface area contributed by atoms with Gasteiger partial charge in [-0.3, -0.25) is 4.57 Å². The van der Waals surface area contributed by atoms with E-state index in [4.69, 9.17) is 13.8 Å². The van der Waals surface area contributed by atoms with Crippen molar-refractivity contribution in [2.24, 2.45) is 0 Å². The van der Waals surface area contributed by atoms with Crippen molar-refractivity contribution in [2.75, 3.05) is 20.3 Å². The second kappa shape index (κ2) is 11.7. The molecule has 2 aromatic rings. The van der Waals surface area contributed by atoms with Crippen molar-refractivity contribution in [3.63, 3.8) is 0 Å². The maximum Gasteiger partial charge on any atom is 0.386 e. The maximum atomic E-state index is 13.8. The molecule has 0 heterocycles. The minimum absolute atomic E-state index is 0.0641. The Morgan fingerprint density at radius 3 is 1.97 bits per heavy atom. The molecule has 2 aromatic carbocycles. The standard InChI is InChI=1S/C24H32NO6PS/c1-7-30-32(26,31-8-2)24(17-19(3)4)25(18-21-11-13-22(29-6)14-12-21)33(27,28)23-15-9-20(5)10-16-23/h9-16H,7-8,18H2,1-6H3. The van der Waals surface area contributed by atoms with Gasteiger partial charge in [0.25, 0.3) is 10.0 Å². The summed E-state index contributed by atoms with van der Waals surface area (Å²) in [5.74, 6) is 0.640. The van der Waals surface area contributed by atoms with Crippen LogP contribution in [0.5, 0.6) is 5.75 Å². The van der Waals surface area contributed by atoms with Crippen LogP contribution >= 0.6 is 7.60 Å². The molecule has 180 valence electrons. The van der Waals surface area contributed by atoms with Crippen molar-refractivity contribution < 1.29 is 26.8 Å². The molecule has 0 N–H and O–H groups in total. The number of hydrogen-bond acceptors (Lipinski definition) is 6. The van der Waals surface area contributed by atoms with Gasteiger partial charge < -0.3 is 13.8 Å². The molecule has 0 spiro atoms. The first-order valence-electron chi connectivity index (χ1n) is 10.6. The van der Waals surface area contributed by atoms with Crippen LogP contribution in [0.1, 0.15) is 38.8 Å². The Kier molecular flexibility index (Phi) is 9.53. The first-order chi connectivity index (χ1) is 15.6. The van der Waals surface area contributed by atoms with E-state index in [9.17, 15) is 13.0 Å². The van der Waals surface area contributed by atoms with Gasteiger partial charge in [-0.15, -0.1) is 0 Å². The van der Waals surface area contributed by atoms with Crippen molar-refractivity contribution in [3.05, 3.63) is 76.4 Å². The van der Waals surface area contributed by atoms with Crippen molar-refractivity contribution in [1.82, 2.24) is 4.31 Å². The van der Waals surface area contributed by atoms with E-state index in [0.717, 1.165) is 9.87 Å². The monoisotopic (exact) mass is 493 g/mol. The molecule has 9 heteroatoms. The zero-order valence-electron chi connectivity index (χ0n) is 20.0. The Morgan fingerprint density at radius 1 is 0.970 bits per heavy atom. The van der Waals surface area contributed by atoms with Gasteiger partial charge in [-0.2, -0.15) is 0 Å². The number of benzene rings is 2. The number of rotatable bonds is 11. The van der Waals surface area contributed by atoms with Crippen LogP contribution in [0.4, 0.5) is 0 Å². The molecule has 0 bridgehead atoms. The minimum Gasteiger partial charge on any atom is -0.497 e. The molecule has 0 aliphatic heterocycles. The predicted molar refractivity (Wildman–Crippen MR) is 130 cm³/mol. The van der Waals surface area contributed by atoms with Crippen LogP contribution in [-0.4, -0.2) is 33.0 Å². The summed E-state index contributed by atoms with van der Waals surface area (Å²) < 4.78 is 58.9. The fourth-order valence-electron chi connectivity index (χ4n) is 3.00. The summed E-state index contributed by atoms with van der Waals surface area (Å²) in [4.78, 5) is 0.0641. The van der Waals surface area contributed by atoms with E-state index in [-0.39, 0.29) is 30.1 Å². The van der Waals surface area contributed by atoms with E-state index in [1.54, 1.807) is 71.2 Å². The first kappa shape index (κ1) is 26.9. The highest BCUT2D eigenvalue weighted by Gasteiger charge is 2.40.